The van der Waals surface area contributed by atoms with Crippen LogP contribution in [0.2, 0.25) is 0 Å². The van der Waals surface area contributed by atoms with Crippen LogP contribution < -0.4 is 10.6 Å². The average Bonchev–Trinajstić information content (AvgIpc) is 2.84. The van der Waals surface area contributed by atoms with Crippen molar-refractivity contribution in [3.63, 3.8) is 0 Å². The summed E-state index contributed by atoms with van der Waals surface area (Å²) in [5.74, 6) is -0.0598. The smallest absolute Gasteiger partial charge is 0.251 e. The number of carbonyl (C=O) groups is 1. The van der Waals surface area contributed by atoms with Gasteiger partial charge in [0.15, 0.2) is 0 Å². The number of rotatable bonds is 6. The van der Waals surface area contributed by atoms with Crippen molar-refractivity contribution in [3.05, 3.63) is 41.5 Å². The molecule has 0 saturated carbocycles. The Bertz CT molecular complexity index is 483. The molecule has 1 aromatic rings. The highest BCUT2D eigenvalue weighted by Crippen LogP contribution is 2.22. The molecule has 0 bridgehead atoms. The standard InChI is InChI=1S/C15H20N2O2/c1-11(2)10-19-8-7-17-15(18)13-4-3-12-5-6-16-14(12)9-13/h3-4,9,16H,1,5-8,10H2,2H3,(H,17,18). The van der Waals surface area contributed by atoms with Crippen molar-refractivity contribution in [3.8, 4) is 0 Å². The minimum Gasteiger partial charge on any atom is -0.384 e. The Labute approximate surface area is 113 Å². The second-order valence-electron chi connectivity index (χ2n) is 4.81. The number of nitrogens with one attached hydrogen (secondary N) is 2. The van der Waals surface area contributed by atoms with E-state index < -0.39 is 0 Å². The fourth-order valence-corrected chi connectivity index (χ4v) is 2.02. The molecule has 102 valence electrons. The average molecular weight is 260 g/mol. The lowest BCUT2D eigenvalue weighted by Crippen LogP contribution is -2.27. The summed E-state index contributed by atoms with van der Waals surface area (Å²) in [6.07, 6.45) is 1.03. The fraction of sp³-hybridized carbons (Fsp3) is 0.400. The van der Waals surface area contributed by atoms with E-state index >= 15 is 0 Å². The molecule has 0 aliphatic carbocycles. The number of amides is 1. The first-order chi connectivity index (χ1) is 9.16. The number of ether oxygens (including phenoxy) is 1. The van der Waals surface area contributed by atoms with Gasteiger partial charge in [0.1, 0.15) is 0 Å². The predicted molar refractivity (Wildman–Crippen MR) is 76.6 cm³/mol. The van der Waals surface area contributed by atoms with Crippen LogP contribution >= 0.6 is 0 Å². The van der Waals surface area contributed by atoms with E-state index in [-0.39, 0.29) is 5.91 Å². The van der Waals surface area contributed by atoms with Crippen LogP contribution in [0.25, 0.3) is 0 Å². The number of anilines is 1. The fourth-order valence-electron chi connectivity index (χ4n) is 2.02. The summed E-state index contributed by atoms with van der Waals surface area (Å²) < 4.78 is 5.33. The first-order valence-electron chi connectivity index (χ1n) is 6.54. The van der Waals surface area contributed by atoms with Gasteiger partial charge in [0, 0.05) is 24.3 Å². The predicted octanol–water partition coefficient (Wildman–Crippen LogP) is 1.98. The topological polar surface area (TPSA) is 50.4 Å². The molecule has 1 aromatic carbocycles. The van der Waals surface area contributed by atoms with Crippen LogP contribution in [0.5, 0.6) is 0 Å². The third-order valence-corrected chi connectivity index (χ3v) is 2.96. The first kappa shape index (κ1) is 13.6. The molecule has 19 heavy (non-hydrogen) atoms. The van der Waals surface area contributed by atoms with Gasteiger partial charge < -0.3 is 15.4 Å². The lowest BCUT2D eigenvalue weighted by atomic mass is 10.1. The van der Waals surface area contributed by atoms with E-state index in [2.05, 4.69) is 17.2 Å². The third kappa shape index (κ3) is 3.83. The Hall–Kier alpha value is -1.81. The Morgan fingerprint density at radius 3 is 3.16 bits per heavy atom. The van der Waals surface area contributed by atoms with Crippen molar-refractivity contribution < 1.29 is 9.53 Å². The van der Waals surface area contributed by atoms with Gasteiger partial charge in [0.05, 0.1) is 13.2 Å². The summed E-state index contributed by atoms with van der Waals surface area (Å²) >= 11 is 0. The maximum atomic E-state index is 11.9. The second-order valence-corrected chi connectivity index (χ2v) is 4.81. The van der Waals surface area contributed by atoms with Crippen molar-refractivity contribution >= 4 is 11.6 Å². The SMILES string of the molecule is C=C(C)COCCNC(=O)c1ccc2c(c1)NCC2. The van der Waals surface area contributed by atoms with E-state index in [1.54, 1.807) is 0 Å². The summed E-state index contributed by atoms with van der Waals surface area (Å²) in [6, 6.07) is 5.80. The monoisotopic (exact) mass is 260 g/mol. The molecule has 1 amide bonds. The molecule has 0 saturated heterocycles. The molecular formula is C15H20N2O2. The maximum Gasteiger partial charge on any atom is 0.251 e. The number of hydrogen-bond acceptors (Lipinski definition) is 3. The maximum absolute atomic E-state index is 11.9. The molecule has 2 N–H and O–H groups in total. The first-order valence-corrected chi connectivity index (χ1v) is 6.54. The van der Waals surface area contributed by atoms with Crippen LogP contribution in [-0.2, 0) is 11.2 Å². The molecule has 1 aliphatic heterocycles. The molecular weight excluding hydrogens is 240 g/mol. The second kappa shape index (κ2) is 6.38. The van der Waals surface area contributed by atoms with Crippen LogP contribution in [0.4, 0.5) is 5.69 Å². The van der Waals surface area contributed by atoms with E-state index in [1.807, 2.05) is 25.1 Å². The Kier molecular flexibility index (Phi) is 4.58. The number of hydrogen-bond donors (Lipinski definition) is 2. The molecule has 1 heterocycles. The van der Waals surface area contributed by atoms with Gasteiger partial charge in [-0.05, 0) is 31.0 Å². The zero-order chi connectivity index (χ0) is 13.7. The minimum atomic E-state index is -0.0598. The van der Waals surface area contributed by atoms with Gasteiger partial charge >= 0.3 is 0 Å². The molecule has 0 fully saturated rings. The molecule has 0 radical (unpaired) electrons. The summed E-state index contributed by atoms with van der Waals surface area (Å²) in [6.45, 7) is 8.17. The van der Waals surface area contributed by atoms with Crippen molar-refractivity contribution in [2.75, 3.05) is 31.6 Å². The van der Waals surface area contributed by atoms with Gasteiger partial charge in [-0.25, -0.2) is 0 Å². The van der Waals surface area contributed by atoms with Crippen molar-refractivity contribution in [2.45, 2.75) is 13.3 Å². The van der Waals surface area contributed by atoms with Gasteiger partial charge in [-0.2, -0.15) is 0 Å². The Morgan fingerprint density at radius 2 is 2.37 bits per heavy atom. The normalized spacial score (nSPS) is 12.7. The van der Waals surface area contributed by atoms with E-state index in [0.29, 0.717) is 25.3 Å². The van der Waals surface area contributed by atoms with E-state index in [1.165, 1.54) is 5.56 Å². The highest BCUT2D eigenvalue weighted by Gasteiger charge is 2.12. The van der Waals surface area contributed by atoms with Crippen LogP contribution in [0.1, 0.15) is 22.8 Å². The lowest BCUT2D eigenvalue weighted by Gasteiger charge is -2.08. The lowest BCUT2D eigenvalue weighted by molar-refractivity contribution is 0.0927. The van der Waals surface area contributed by atoms with Crippen LogP contribution in [0, 0.1) is 0 Å². The van der Waals surface area contributed by atoms with Gasteiger partial charge in [-0.15, -0.1) is 0 Å². The van der Waals surface area contributed by atoms with Crippen LogP contribution in [0.3, 0.4) is 0 Å². The van der Waals surface area contributed by atoms with Gasteiger partial charge in [0.2, 0.25) is 0 Å². The molecule has 0 atom stereocenters. The summed E-state index contributed by atoms with van der Waals surface area (Å²) in [7, 11) is 0. The summed E-state index contributed by atoms with van der Waals surface area (Å²) in [4.78, 5) is 11.9. The molecule has 1 aliphatic rings. The van der Waals surface area contributed by atoms with Gasteiger partial charge in [-0.1, -0.05) is 18.2 Å². The Balaban J connectivity index is 1.78. The quantitative estimate of drug-likeness (QED) is 0.607. The third-order valence-electron chi connectivity index (χ3n) is 2.96. The zero-order valence-corrected chi connectivity index (χ0v) is 11.3. The van der Waals surface area contributed by atoms with E-state index in [4.69, 9.17) is 4.74 Å². The number of fused-ring (bicyclic) bond motifs is 1. The number of benzene rings is 1. The number of carbonyl (C=O) groups excluding carboxylic acids is 1. The van der Waals surface area contributed by atoms with Gasteiger partial charge in [-0.3, -0.25) is 4.79 Å². The minimum absolute atomic E-state index is 0.0598. The molecule has 0 spiro atoms. The molecule has 4 nitrogen and oxygen atoms in total. The summed E-state index contributed by atoms with van der Waals surface area (Å²) in [5, 5.41) is 6.11. The largest absolute Gasteiger partial charge is 0.384 e. The molecule has 4 heteroatoms. The summed E-state index contributed by atoms with van der Waals surface area (Å²) in [5.41, 5.74) is 4.02. The van der Waals surface area contributed by atoms with Gasteiger partial charge in [0.25, 0.3) is 5.91 Å². The zero-order valence-electron chi connectivity index (χ0n) is 11.3. The van der Waals surface area contributed by atoms with E-state index in [0.717, 1.165) is 24.2 Å². The van der Waals surface area contributed by atoms with Crippen molar-refractivity contribution in [1.82, 2.24) is 5.32 Å². The van der Waals surface area contributed by atoms with Crippen molar-refractivity contribution in [1.29, 1.82) is 0 Å². The molecule has 0 unspecified atom stereocenters. The molecule has 2 rings (SSSR count). The highest BCUT2D eigenvalue weighted by atomic mass is 16.5. The Morgan fingerprint density at radius 1 is 1.53 bits per heavy atom. The molecule has 0 aromatic heterocycles. The van der Waals surface area contributed by atoms with E-state index in [9.17, 15) is 4.79 Å². The van der Waals surface area contributed by atoms with Crippen LogP contribution in [0.15, 0.2) is 30.4 Å². The van der Waals surface area contributed by atoms with Crippen molar-refractivity contribution in [2.24, 2.45) is 0 Å². The van der Waals surface area contributed by atoms with Crippen LogP contribution in [-0.4, -0.2) is 32.2 Å². The highest BCUT2D eigenvalue weighted by molar-refractivity contribution is 5.95.